The van der Waals surface area contributed by atoms with Crippen molar-refractivity contribution in [2.75, 3.05) is 7.11 Å². The van der Waals surface area contributed by atoms with Gasteiger partial charge in [0, 0.05) is 18.1 Å². The number of H-pyrrole nitrogens is 1. The Kier molecular flexibility index (Phi) is 3.00. The molecule has 0 fully saturated rings. The fourth-order valence-electron chi connectivity index (χ4n) is 2.17. The minimum absolute atomic E-state index is 0.109. The van der Waals surface area contributed by atoms with Crippen molar-refractivity contribution in [2.45, 2.75) is 13.1 Å². The summed E-state index contributed by atoms with van der Waals surface area (Å²) in [5.74, 6) is 1.09. The highest BCUT2D eigenvalue weighted by Crippen LogP contribution is 2.30. The molecular formula is C13H12ClN3O2. The van der Waals surface area contributed by atoms with Crippen molar-refractivity contribution >= 4 is 11.6 Å². The first kappa shape index (κ1) is 12.2. The number of aromatic nitrogens is 2. The first-order valence-electron chi connectivity index (χ1n) is 5.85. The molecule has 0 atom stereocenters. The van der Waals surface area contributed by atoms with Gasteiger partial charge in [-0.25, -0.2) is 4.98 Å². The molecule has 0 radical (unpaired) electrons. The van der Waals surface area contributed by atoms with Crippen LogP contribution in [0.4, 0.5) is 0 Å². The molecule has 0 saturated carbocycles. The van der Waals surface area contributed by atoms with Crippen molar-refractivity contribution in [2.24, 2.45) is 0 Å². The van der Waals surface area contributed by atoms with Gasteiger partial charge in [-0.3, -0.25) is 4.79 Å². The predicted octanol–water partition coefficient (Wildman–Crippen LogP) is 1.70. The molecule has 2 N–H and O–H groups in total. The van der Waals surface area contributed by atoms with Gasteiger partial charge in [0.25, 0.3) is 5.56 Å². The number of rotatable bonds is 2. The first-order valence-corrected chi connectivity index (χ1v) is 6.23. The number of hydrogen-bond acceptors (Lipinski definition) is 4. The van der Waals surface area contributed by atoms with Crippen LogP contribution in [-0.4, -0.2) is 17.1 Å². The summed E-state index contributed by atoms with van der Waals surface area (Å²) in [4.78, 5) is 19.2. The zero-order valence-electron chi connectivity index (χ0n) is 10.3. The van der Waals surface area contributed by atoms with E-state index < -0.39 is 0 Å². The quantitative estimate of drug-likeness (QED) is 0.877. The number of ether oxygens (including phenoxy) is 1. The van der Waals surface area contributed by atoms with Crippen LogP contribution < -0.4 is 15.6 Å². The van der Waals surface area contributed by atoms with Gasteiger partial charge < -0.3 is 15.0 Å². The normalized spacial score (nSPS) is 13.4. The molecular weight excluding hydrogens is 266 g/mol. The molecule has 5 nitrogen and oxygen atoms in total. The Balaban J connectivity index is 2.18. The molecule has 0 unspecified atom stereocenters. The SMILES string of the molecule is COc1cc(Cl)ccc1-c1nc2c(c(=O)[nH]1)CNC2. The third-order valence-electron chi connectivity index (χ3n) is 3.11. The lowest BCUT2D eigenvalue weighted by atomic mass is 10.1. The van der Waals surface area contributed by atoms with E-state index in [1.807, 2.05) is 0 Å². The second-order valence-corrected chi connectivity index (χ2v) is 4.72. The predicted molar refractivity (Wildman–Crippen MR) is 72.4 cm³/mol. The van der Waals surface area contributed by atoms with E-state index in [4.69, 9.17) is 16.3 Å². The lowest BCUT2D eigenvalue weighted by molar-refractivity contribution is 0.416. The Morgan fingerprint density at radius 1 is 1.37 bits per heavy atom. The molecule has 98 valence electrons. The molecule has 1 aromatic carbocycles. The van der Waals surface area contributed by atoms with Gasteiger partial charge in [-0.1, -0.05) is 11.6 Å². The average Bonchev–Trinajstić information content (AvgIpc) is 2.87. The minimum Gasteiger partial charge on any atom is -0.496 e. The molecule has 3 rings (SSSR count). The Bertz CT molecular complexity index is 697. The van der Waals surface area contributed by atoms with Gasteiger partial charge in [0.2, 0.25) is 0 Å². The Morgan fingerprint density at radius 3 is 3.00 bits per heavy atom. The van der Waals surface area contributed by atoms with E-state index in [1.165, 1.54) is 0 Å². The average molecular weight is 278 g/mol. The van der Waals surface area contributed by atoms with Gasteiger partial charge in [-0.15, -0.1) is 0 Å². The number of benzene rings is 1. The molecule has 1 aromatic heterocycles. The smallest absolute Gasteiger partial charge is 0.255 e. The second kappa shape index (κ2) is 4.68. The van der Waals surface area contributed by atoms with Crippen molar-refractivity contribution in [3.05, 3.63) is 44.8 Å². The number of aromatic amines is 1. The molecule has 1 aliphatic rings. The Labute approximate surface area is 114 Å². The van der Waals surface area contributed by atoms with Gasteiger partial charge in [0.15, 0.2) is 0 Å². The number of halogens is 1. The Hall–Kier alpha value is -1.85. The van der Waals surface area contributed by atoms with Crippen LogP contribution in [0, 0.1) is 0 Å². The van der Waals surface area contributed by atoms with Crippen LogP contribution >= 0.6 is 11.6 Å². The maximum atomic E-state index is 12.0. The molecule has 1 aliphatic heterocycles. The fraction of sp³-hybridized carbons (Fsp3) is 0.231. The first-order chi connectivity index (χ1) is 9.19. The van der Waals surface area contributed by atoms with Gasteiger partial charge in [-0.2, -0.15) is 0 Å². The number of nitrogens with zero attached hydrogens (tertiary/aromatic N) is 1. The van der Waals surface area contributed by atoms with Gasteiger partial charge in [0.1, 0.15) is 11.6 Å². The zero-order chi connectivity index (χ0) is 13.4. The van der Waals surface area contributed by atoms with Gasteiger partial charge >= 0.3 is 0 Å². The van der Waals surface area contributed by atoms with E-state index in [2.05, 4.69) is 15.3 Å². The standard InChI is InChI=1S/C13H12ClN3O2/c1-19-11-4-7(14)2-3-8(11)12-16-10-6-15-5-9(10)13(18)17-12/h2-4,15H,5-6H2,1H3,(H,16,17,18). The highest BCUT2D eigenvalue weighted by Gasteiger charge is 2.18. The van der Waals surface area contributed by atoms with Crippen LogP contribution in [0.5, 0.6) is 5.75 Å². The summed E-state index contributed by atoms with van der Waals surface area (Å²) in [6.45, 7) is 1.18. The molecule has 0 saturated heterocycles. The highest BCUT2D eigenvalue weighted by atomic mass is 35.5. The van der Waals surface area contributed by atoms with Crippen molar-refractivity contribution < 1.29 is 4.74 Å². The van der Waals surface area contributed by atoms with E-state index >= 15 is 0 Å². The third-order valence-corrected chi connectivity index (χ3v) is 3.35. The summed E-state index contributed by atoms with van der Waals surface area (Å²) in [5.41, 5.74) is 2.10. The summed E-state index contributed by atoms with van der Waals surface area (Å²) in [6.07, 6.45) is 0. The molecule has 0 aliphatic carbocycles. The van der Waals surface area contributed by atoms with Crippen LogP contribution in [0.25, 0.3) is 11.4 Å². The fourth-order valence-corrected chi connectivity index (χ4v) is 2.33. The lowest BCUT2D eigenvalue weighted by Gasteiger charge is -2.09. The molecule has 6 heteroatoms. The topological polar surface area (TPSA) is 67.0 Å². The maximum Gasteiger partial charge on any atom is 0.255 e. The van der Waals surface area contributed by atoms with Crippen LogP contribution in [0.1, 0.15) is 11.3 Å². The molecule has 2 heterocycles. The number of nitrogens with one attached hydrogen (secondary N) is 2. The summed E-state index contributed by atoms with van der Waals surface area (Å²) in [7, 11) is 1.56. The summed E-state index contributed by atoms with van der Waals surface area (Å²) in [5, 5.41) is 3.68. The van der Waals surface area contributed by atoms with E-state index in [0.717, 1.165) is 11.3 Å². The summed E-state index contributed by atoms with van der Waals surface area (Å²) >= 11 is 5.93. The van der Waals surface area contributed by atoms with E-state index in [9.17, 15) is 4.79 Å². The third kappa shape index (κ3) is 2.11. The maximum absolute atomic E-state index is 12.0. The number of fused-ring (bicyclic) bond motifs is 1. The lowest BCUT2D eigenvalue weighted by Crippen LogP contribution is -2.15. The number of hydrogen-bond donors (Lipinski definition) is 2. The molecule has 0 amide bonds. The largest absolute Gasteiger partial charge is 0.496 e. The van der Waals surface area contributed by atoms with Crippen molar-refractivity contribution in [1.29, 1.82) is 0 Å². The Morgan fingerprint density at radius 2 is 2.21 bits per heavy atom. The van der Waals surface area contributed by atoms with Gasteiger partial charge in [0.05, 0.1) is 23.9 Å². The second-order valence-electron chi connectivity index (χ2n) is 4.29. The zero-order valence-corrected chi connectivity index (χ0v) is 11.0. The molecule has 0 bridgehead atoms. The van der Waals surface area contributed by atoms with Crippen molar-refractivity contribution in [3.63, 3.8) is 0 Å². The van der Waals surface area contributed by atoms with Crippen LogP contribution in [0.2, 0.25) is 5.02 Å². The van der Waals surface area contributed by atoms with E-state index in [1.54, 1.807) is 25.3 Å². The van der Waals surface area contributed by atoms with Crippen molar-refractivity contribution in [3.8, 4) is 17.1 Å². The van der Waals surface area contributed by atoms with Crippen LogP contribution in [0.3, 0.4) is 0 Å². The monoisotopic (exact) mass is 277 g/mol. The van der Waals surface area contributed by atoms with E-state index in [-0.39, 0.29) is 5.56 Å². The molecule has 19 heavy (non-hydrogen) atoms. The molecule has 2 aromatic rings. The van der Waals surface area contributed by atoms with E-state index in [0.29, 0.717) is 35.2 Å². The summed E-state index contributed by atoms with van der Waals surface area (Å²) in [6, 6.07) is 5.22. The van der Waals surface area contributed by atoms with Crippen LogP contribution in [0.15, 0.2) is 23.0 Å². The summed E-state index contributed by atoms with van der Waals surface area (Å²) < 4.78 is 5.28. The number of methoxy groups -OCH3 is 1. The minimum atomic E-state index is -0.109. The van der Waals surface area contributed by atoms with Crippen LogP contribution in [-0.2, 0) is 13.1 Å². The molecule has 0 spiro atoms. The highest BCUT2D eigenvalue weighted by molar-refractivity contribution is 6.30. The van der Waals surface area contributed by atoms with Crippen molar-refractivity contribution in [1.82, 2.24) is 15.3 Å². The van der Waals surface area contributed by atoms with Gasteiger partial charge in [-0.05, 0) is 18.2 Å².